The number of para-hydroxylation sites is 2. The van der Waals surface area contributed by atoms with Crippen molar-refractivity contribution < 1.29 is 9.84 Å². The van der Waals surface area contributed by atoms with Crippen molar-refractivity contribution in [2.75, 3.05) is 32.5 Å². The number of hydrogen-bond acceptors (Lipinski definition) is 4. The molecule has 1 fully saturated rings. The van der Waals surface area contributed by atoms with Gasteiger partial charge in [0, 0.05) is 13.1 Å². The van der Waals surface area contributed by atoms with E-state index in [4.69, 9.17) is 10.5 Å². The molecule has 2 rings (SSSR count). The summed E-state index contributed by atoms with van der Waals surface area (Å²) in [5.74, 6) is 1.44. The third-order valence-corrected chi connectivity index (χ3v) is 4.17. The minimum absolute atomic E-state index is 0.281. The maximum Gasteiger partial charge on any atom is 0.142 e. The average molecular weight is 292 g/mol. The van der Waals surface area contributed by atoms with Crippen molar-refractivity contribution in [3.8, 4) is 5.75 Å². The smallest absolute Gasteiger partial charge is 0.142 e. The van der Waals surface area contributed by atoms with Crippen LogP contribution in [-0.2, 0) is 0 Å². The number of likely N-dealkylation sites (N-methyl/N-ethyl adjacent to an activating group) is 1. The van der Waals surface area contributed by atoms with Crippen LogP contribution in [0, 0.1) is 5.92 Å². The van der Waals surface area contributed by atoms with Gasteiger partial charge in [-0.15, -0.1) is 0 Å². The van der Waals surface area contributed by atoms with Crippen molar-refractivity contribution in [1.82, 2.24) is 4.90 Å². The van der Waals surface area contributed by atoms with E-state index in [9.17, 15) is 5.11 Å². The second-order valence-corrected chi connectivity index (χ2v) is 6.23. The molecule has 0 aromatic heterocycles. The van der Waals surface area contributed by atoms with Crippen molar-refractivity contribution in [1.29, 1.82) is 0 Å². The zero-order chi connectivity index (χ0) is 15.1. The summed E-state index contributed by atoms with van der Waals surface area (Å²) in [6.45, 7) is 2.00. The Hall–Kier alpha value is -1.26. The van der Waals surface area contributed by atoms with Crippen molar-refractivity contribution in [2.24, 2.45) is 5.92 Å². The molecule has 1 aliphatic carbocycles. The minimum atomic E-state index is -0.488. The molecule has 118 valence electrons. The standard InChI is InChI=1S/C17H28N2O2/c1-19(11-14-7-3-2-4-8-14)12-15(20)13-21-17-10-6-5-9-16(17)18/h5-6,9-10,14-15,20H,2-4,7-8,11-13,18H2,1H3. The van der Waals surface area contributed by atoms with E-state index < -0.39 is 6.10 Å². The van der Waals surface area contributed by atoms with Crippen LogP contribution in [0.3, 0.4) is 0 Å². The molecule has 1 unspecified atom stereocenters. The van der Waals surface area contributed by atoms with Crippen LogP contribution in [0.25, 0.3) is 0 Å². The summed E-state index contributed by atoms with van der Waals surface area (Å²) in [5.41, 5.74) is 6.43. The van der Waals surface area contributed by atoms with E-state index in [1.165, 1.54) is 32.1 Å². The Morgan fingerprint density at radius 2 is 2.00 bits per heavy atom. The molecule has 21 heavy (non-hydrogen) atoms. The molecular weight excluding hydrogens is 264 g/mol. The van der Waals surface area contributed by atoms with E-state index in [1.54, 1.807) is 6.07 Å². The number of benzene rings is 1. The van der Waals surface area contributed by atoms with Crippen LogP contribution in [0.2, 0.25) is 0 Å². The van der Waals surface area contributed by atoms with Gasteiger partial charge >= 0.3 is 0 Å². The fourth-order valence-corrected chi connectivity index (χ4v) is 3.10. The Bertz CT molecular complexity index is 419. The Morgan fingerprint density at radius 3 is 2.71 bits per heavy atom. The van der Waals surface area contributed by atoms with Crippen LogP contribution >= 0.6 is 0 Å². The van der Waals surface area contributed by atoms with Crippen LogP contribution in [0.1, 0.15) is 32.1 Å². The first-order valence-corrected chi connectivity index (χ1v) is 7.99. The Labute approximate surface area is 127 Å². The van der Waals surface area contributed by atoms with E-state index in [-0.39, 0.29) is 6.61 Å². The Balaban J connectivity index is 1.68. The van der Waals surface area contributed by atoms with E-state index in [1.807, 2.05) is 18.2 Å². The third kappa shape index (κ3) is 5.56. The van der Waals surface area contributed by atoms with Crippen LogP contribution in [0.4, 0.5) is 5.69 Å². The fraction of sp³-hybridized carbons (Fsp3) is 0.647. The summed E-state index contributed by atoms with van der Waals surface area (Å²) in [5, 5.41) is 10.1. The summed E-state index contributed by atoms with van der Waals surface area (Å²) < 4.78 is 5.59. The molecule has 0 amide bonds. The molecule has 1 atom stereocenters. The lowest BCUT2D eigenvalue weighted by Gasteiger charge is -2.28. The largest absolute Gasteiger partial charge is 0.489 e. The number of nitrogens with zero attached hydrogens (tertiary/aromatic N) is 1. The molecule has 0 spiro atoms. The number of hydrogen-bond donors (Lipinski definition) is 2. The molecule has 3 N–H and O–H groups in total. The molecule has 0 saturated heterocycles. The molecule has 4 heteroatoms. The minimum Gasteiger partial charge on any atom is -0.489 e. The lowest BCUT2D eigenvalue weighted by molar-refractivity contribution is 0.0698. The highest BCUT2D eigenvalue weighted by Crippen LogP contribution is 2.24. The number of aliphatic hydroxyl groups excluding tert-OH is 1. The van der Waals surface area contributed by atoms with Gasteiger partial charge in [-0.25, -0.2) is 0 Å². The first-order chi connectivity index (χ1) is 10.1. The maximum absolute atomic E-state index is 10.1. The lowest BCUT2D eigenvalue weighted by Crippen LogP contribution is -2.36. The number of rotatable bonds is 7. The fourth-order valence-electron chi connectivity index (χ4n) is 3.10. The predicted molar refractivity (Wildman–Crippen MR) is 86.4 cm³/mol. The normalized spacial score (nSPS) is 17.9. The van der Waals surface area contributed by atoms with Crippen molar-refractivity contribution in [3.63, 3.8) is 0 Å². The van der Waals surface area contributed by atoms with E-state index >= 15 is 0 Å². The zero-order valence-corrected chi connectivity index (χ0v) is 13.0. The third-order valence-electron chi connectivity index (χ3n) is 4.17. The first kappa shape index (κ1) is 16.1. The Morgan fingerprint density at radius 1 is 1.29 bits per heavy atom. The second-order valence-electron chi connectivity index (χ2n) is 6.23. The van der Waals surface area contributed by atoms with Gasteiger partial charge in [-0.2, -0.15) is 0 Å². The zero-order valence-electron chi connectivity index (χ0n) is 13.0. The van der Waals surface area contributed by atoms with Crippen molar-refractivity contribution in [3.05, 3.63) is 24.3 Å². The highest BCUT2D eigenvalue weighted by atomic mass is 16.5. The second kappa shape index (κ2) is 8.25. The first-order valence-electron chi connectivity index (χ1n) is 7.99. The number of anilines is 1. The highest BCUT2D eigenvalue weighted by molar-refractivity contribution is 5.51. The van der Waals surface area contributed by atoms with Gasteiger partial charge in [0.25, 0.3) is 0 Å². The monoisotopic (exact) mass is 292 g/mol. The molecule has 1 aliphatic rings. The number of nitrogens with two attached hydrogens (primary N) is 1. The lowest BCUT2D eigenvalue weighted by atomic mass is 9.89. The van der Waals surface area contributed by atoms with Crippen LogP contribution in [0.15, 0.2) is 24.3 Å². The number of nitrogen functional groups attached to an aromatic ring is 1. The molecule has 0 bridgehead atoms. The van der Waals surface area contributed by atoms with Gasteiger partial charge in [0.15, 0.2) is 0 Å². The van der Waals surface area contributed by atoms with E-state index in [0.717, 1.165) is 12.5 Å². The van der Waals surface area contributed by atoms with Crippen LogP contribution in [0.5, 0.6) is 5.75 Å². The average Bonchev–Trinajstić information content (AvgIpc) is 2.47. The SMILES string of the molecule is CN(CC(O)COc1ccccc1N)CC1CCCCC1. The molecule has 1 aromatic carbocycles. The molecule has 0 heterocycles. The molecule has 4 nitrogen and oxygen atoms in total. The van der Waals surface area contributed by atoms with Crippen molar-refractivity contribution in [2.45, 2.75) is 38.2 Å². The Kier molecular flexibility index (Phi) is 6.33. The summed E-state index contributed by atoms with van der Waals surface area (Å²) in [4.78, 5) is 2.22. The summed E-state index contributed by atoms with van der Waals surface area (Å²) in [6, 6.07) is 7.38. The topological polar surface area (TPSA) is 58.7 Å². The molecule has 0 aliphatic heterocycles. The van der Waals surface area contributed by atoms with E-state index in [0.29, 0.717) is 18.0 Å². The van der Waals surface area contributed by atoms with Gasteiger partial charge in [-0.1, -0.05) is 31.4 Å². The van der Waals surface area contributed by atoms with Gasteiger partial charge in [0.05, 0.1) is 5.69 Å². The van der Waals surface area contributed by atoms with Gasteiger partial charge in [0.1, 0.15) is 18.5 Å². The van der Waals surface area contributed by atoms with Gasteiger partial charge in [-0.05, 0) is 37.9 Å². The predicted octanol–water partition coefficient (Wildman–Crippen LogP) is 2.52. The summed E-state index contributed by atoms with van der Waals surface area (Å²) in [7, 11) is 2.08. The molecule has 1 aromatic rings. The van der Waals surface area contributed by atoms with Crippen molar-refractivity contribution >= 4 is 5.69 Å². The van der Waals surface area contributed by atoms with Gasteiger partial charge < -0.3 is 20.5 Å². The quantitative estimate of drug-likeness (QED) is 0.758. The summed E-state index contributed by atoms with van der Waals surface area (Å²) >= 11 is 0. The molecule has 1 saturated carbocycles. The van der Waals surface area contributed by atoms with Gasteiger partial charge in [-0.3, -0.25) is 0 Å². The maximum atomic E-state index is 10.1. The van der Waals surface area contributed by atoms with E-state index in [2.05, 4.69) is 11.9 Å². The molecule has 0 radical (unpaired) electrons. The highest BCUT2D eigenvalue weighted by Gasteiger charge is 2.17. The van der Waals surface area contributed by atoms with Crippen LogP contribution < -0.4 is 10.5 Å². The molecular formula is C17H28N2O2. The summed E-state index contributed by atoms with van der Waals surface area (Å²) in [6.07, 6.45) is 6.28. The van der Waals surface area contributed by atoms with Gasteiger partial charge in [0.2, 0.25) is 0 Å². The number of aliphatic hydroxyl groups is 1. The van der Waals surface area contributed by atoms with Crippen LogP contribution in [-0.4, -0.2) is 42.9 Å². The number of ether oxygens (including phenoxy) is 1.